The maximum Gasteiger partial charge on any atom is 0.300 e. The van der Waals surface area contributed by atoms with Crippen LogP contribution in [0, 0.1) is 0 Å². The van der Waals surface area contributed by atoms with Gasteiger partial charge in [-0.2, -0.15) is 0 Å². The largest absolute Gasteiger partial charge is 0.379 e. The summed E-state index contributed by atoms with van der Waals surface area (Å²) >= 11 is 0. The number of hydrogen-bond acceptors (Lipinski definition) is 2. The van der Waals surface area contributed by atoms with Crippen LogP contribution in [0.25, 0.3) is 0 Å². The Morgan fingerprint density at radius 3 is 1.70 bits per heavy atom. The van der Waals surface area contributed by atoms with E-state index in [1.54, 1.807) is 4.72 Å². The molecule has 4 heteroatoms. The minimum Gasteiger partial charge on any atom is -0.379 e. The predicted molar refractivity (Wildman–Crippen MR) is 46.8 cm³/mol. The van der Waals surface area contributed by atoms with Crippen molar-refractivity contribution >= 4 is 15.5 Å². The zero-order valence-corrected chi connectivity index (χ0v) is 7.55. The molecule has 0 heterocycles. The van der Waals surface area contributed by atoms with Gasteiger partial charge in [0.05, 0.1) is 0 Å². The van der Waals surface area contributed by atoms with E-state index >= 15 is 0 Å². The van der Waals surface area contributed by atoms with Crippen LogP contribution in [0.2, 0.25) is 0 Å². The molecule has 0 aliphatic heterocycles. The molecule has 0 saturated heterocycles. The molecule has 0 bridgehead atoms. The van der Waals surface area contributed by atoms with E-state index in [4.69, 9.17) is 7.98 Å². The van der Waals surface area contributed by atoms with Gasteiger partial charge < -0.3 is 9.53 Å². The topological polar surface area (TPSA) is 6.48 Å². The maximum absolute atomic E-state index is 5.69. The van der Waals surface area contributed by atoms with E-state index in [-0.39, 0.29) is 5.54 Å². The van der Waals surface area contributed by atoms with E-state index in [9.17, 15) is 0 Å². The Hall–Kier alpha value is 0.0499. The van der Waals surface area contributed by atoms with Gasteiger partial charge >= 0.3 is 0 Å². The first-order valence-corrected chi connectivity index (χ1v) is 3.39. The van der Waals surface area contributed by atoms with Gasteiger partial charge in [-0.15, -0.1) is 0 Å². The highest BCUT2D eigenvalue weighted by Gasteiger charge is 2.17. The lowest BCUT2D eigenvalue weighted by molar-refractivity contribution is 0.363. The van der Waals surface area contributed by atoms with E-state index < -0.39 is 0 Å². The van der Waals surface area contributed by atoms with E-state index in [0.717, 1.165) is 0 Å². The summed E-state index contributed by atoms with van der Waals surface area (Å²) in [6, 6.07) is 0. The Morgan fingerprint density at radius 1 is 1.20 bits per heavy atom. The minimum atomic E-state index is 0.00424. The molecule has 0 N–H and O–H groups in total. The molecule has 0 atom stereocenters. The molecule has 0 aromatic heterocycles. The van der Waals surface area contributed by atoms with Crippen molar-refractivity contribution in [2.24, 2.45) is 0 Å². The first-order valence-electron chi connectivity index (χ1n) is 3.39. The van der Waals surface area contributed by atoms with Gasteiger partial charge in [0.1, 0.15) is 0 Å². The first-order chi connectivity index (χ1) is 4.34. The molecule has 2 nitrogen and oxygen atoms in total. The fourth-order valence-corrected chi connectivity index (χ4v) is 0.422. The highest BCUT2D eigenvalue weighted by atomic mass is 15.1. The maximum atomic E-state index is 5.69. The Morgan fingerprint density at radius 2 is 1.60 bits per heavy atom. The SMILES string of the molecule is [B]N([B]N(C)C)C(C)(C)C. The summed E-state index contributed by atoms with van der Waals surface area (Å²) in [6.45, 7) is 6.19. The summed E-state index contributed by atoms with van der Waals surface area (Å²) < 4.78 is 1.69. The van der Waals surface area contributed by atoms with Crippen molar-refractivity contribution in [1.29, 1.82) is 0 Å². The zero-order valence-electron chi connectivity index (χ0n) is 7.55. The summed E-state index contributed by atoms with van der Waals surface area (Å²) in [5.74, 6) is 0. The third-order valence-corrected chi connectivity index (χ3v) is 1.13. The molecule has 0 saturated carbocycles. The molecule has 0 aromatic rings. The third-order valence-electron chi connectivity index (χ3n) is 1.13. The van der Waals surface area contributed by atoms with Crippen molar-refractivity contribution in [3.8, 4) is 0 Å². The van der Waals surface area contributed by atoms with Crippen LogP contribution in [0.1, 0.15) is 20.8 Å². The second-order valence-electron chi connectivity index (χ2n) is 3.66. The van der Waals surface area contributed by atoms with Crippen molar-refractivity contribution in [2.75, 3.05) is 14.1 Å². The molecular formula is C6H15B2N2. The second-order valence-corrected chi connectivity index (χ2v) is 3.66. The Bertz CT molecular complexity index is 98.4. The van der Waals surface area contributed by atoms with Gasteiger partial charge in [0.25, 0.3) is 7.55 Å². The van der Waals surface area contributed by atoms with Crippen LogP contribution in [0.15, 0.2) is 0 Å². The van der Waals surface area contributed by atoms with E-state index in [2.05, 4.69) is 20.8 Å². The van der Waals surface area contributed by atoms with Crippen LogP contribution in [0.3, 0.4) is 0 Å². The van der Waals surface area contributed by atoms with Crippen LogP contribution in [0.4, 0.5) is 0 Å². The lowest BCUT2D eigenvalue weighted by Gasteiger charge is -2.33. The third kappa shape index (κ3) is 3.96. The van der Waals surface area contributed by atoms with Crippen molar-refractivity contribution in [3.63, 3.8) is 0 Å². The molecule has 0 aliphatic rings. The summed E-state index contributed by atoms with van der Waals surface area (Å²) in [6.07, 6.45) is 0. The Labute approximate surface area is 66.3 Å². The van der Waals surface area contributed by atoms with Crippen molar-refractivity contribution in [2.45, 2.75) is 26.3 Å². The molecule has 0 aliphatic carbocycles. The van der Waals surface area contributed by atoms with Gasteiger partial charge in [0.2, 0.25) is 0 Å². The van der Waals surface area contributed by atoms with Crippen LogP contribution in [-0.2, 0) is 0 Å². The van der Waals surface area contributed by atoms with Gasteiger partial charge in [0.15, 0.2) is 7.98 Å². The molecule has 0 unspecified atom stereocenters. The van der Waals surface area contributed by atoms with Crippen LogP contribution in [0.5, 0.6) is 0 Å². The number of hydrogen-bond donors (Lipinski definition) is 0. The number of rotatable bonds is 2. The van der Waals surface area contributed by atoms with Gasteiger partial charge in [0, 0.05) is 0 Å². The van der Waals surface area contributed by atoms with Crippen molar-refractivity contribution in [3.05, 3.63) is 0 Å². The lowest BCUT2D eigenvalue weighted by atomic mass is 9.89. The Kier molecular flexibility index (Phi) is 3.46. The van der Waals surface area contributed by atoms with Gasteiger partial charge in [-0.3, -0.25) is 0 Å². The molecule has 0 amide bonds. The van der Waals surface area contributed by atoms with Crippen molar-refractivity contribution < 1.29 is 0 Å². The minimum absolute atomic E-state index is 0.00424. The summed E-state index contributed by atoms with van der Waals surface area (Å²) in [7, 11) is 11.4. The lowest BCUT2D eigenvalue weighted by Crippen LogP contribution is -2.47. The van der Waals surface area contributed by atoms with Gasteiger partial charge in [-0.25, -0.2) is 0 Å². The van der Waals surface area contributed by atoms with Crippen LogP contribution >= 0.6 is 0 Å². The monoisotopic (exact) mass is 137 g/mol. The number of nitrogens with zero attached hydrogens (tertiary/aromatic N) is 2. The van der Waals surface area contributed by atoms with Gasteiger partial charge in [-0.1, -0.05) is 0 Å². The van der Waals surface area contributed by atoms with Gasteiger partial charge in [-0.05, 0) is 40.4 Å². The smallest absolute Gasteiger partial charge is 0.300 e. The van der Waals surface area contributed by atoms with Crippen molar-refractivity contribution in [1.82, 2.24) is 9.53 Å². The highest BCUT2D eigenvalue weighted by molar-refractivity contribution is 6.39. The fraction of sp³-hybridized carbons (Fsp3) is 1.00. The quantitative estimate of drug-likeness (QED) is 0.503. The molecule has 10 heavy (non-hydrogen) atoms. The molecule has 0 spiro atoms. The second kappa shape index (κ2) is 3.44. The zero-order chi connectivity index (χ0) is 8.36. The molecule has 0 rings (SSSR count). The van der Waals surface area contributed by atoms with E-state index in [0.29, 0.717) is 0 Å². The highest BCUT2D eigenvalue weighted by Crippen LogP contribution is 2.07. The molecule has 55 valence electrons. The van der Waals surface area contributed by atoms with E-state index in [1.807, 2.05) is 26.5 Å². The Balaban J connectivity index is 3.73. The molecule has 0 aromatic carbocycles. The molecule has 3 radical (unpaired) electrons. The fourth-order valence-electron chi connectivity index (χ4n) is 0.422. The normalized spacial score (nSPS) is 12.7. The first kappa shape index (κ1) is 10.0. The summed E-state index contributed by atoms with van der Waals surface area (Å²) in [4.78, 5) is 1.92. The average molecular weight is 137 g/mol. The predicted octanol–water partition coefficient (Wildman–Crippen LogP) is 0.266. The average Bonchev–Trinajstić information content (AvgIpc) is 1.60. The molecule has 0 fully saturated rings. The summed E-state index contributed by atoms with van der Waals surface area (Å²) in [5.41, 5.74) is 0.00424. The summed E-state index contributed by atoms with van der Waals surface area (Å²) in [5, 5.41) is 0. The van der Waals surface area contributed by atoms with Crippen LogP contribution in [-0.4, -0.2) is 44.7 Å². The standard InChI is InChI=1S/C6H15B2N2/c1-6(2,3)10(7)8-9(4)5/h1-5H3. The van der Waals surface area contributed by atoms with Crippen LogP contribution < -0.4 is 0 Å². The van der Waals surface area contributed by atoms with E-state index in [1.165, 1.54) is 0 Å². The molecular weight excluding hydrogens is 122 g/mol.